The van der Waals surface area contributed by atoms with E-state index >= 15 is 0 Å². The van der Waals surface area contributed by atoms with E-state index in [0.29, 0.717) is 0 Å². The van der Waals surface area contributed by atoms with Crippen LogP contribution in [0.15, 0.2) is 30.3 Å². The van der Waals surface area contributed by atoms with Gasteiger partial charge in [0.15, 0.2) is 5.85 Å². The van der Waals surface area contributed by atoms with E-state index in [1.165, 1.54) is 5.23 Å². The topological polar surface area (TPSA) is 57.2 Å². The normalized spacial score (nSPS) is 15.6. The molecule has 0 radical (unpaired) electrons. The zero-order chi connectivity index (χ0) is 21.6. The highest BCUT2D eigenvalue weighted by Gasteiger charge is 2.48. The van der Waals surface area contributed by atoms with Crippen LogP contribution in [0.3, 0.4) is 0 Å². The second kappa shape index (κ2) is 10.3. The van der Waals surface area contributed by atoms with Crippen molar-refractivity contribution in [1.82, 2.24) is 5.23 Å². The summed E-state index contributed by atoms with van der Waals surface area (Å²) < 4.78 is 24.7. The molecule has 6 nitrogen and oxygen atoms in total. The van der Waals surface area contributed by atoms with Crippen LogP contribution in [0, 0.1) is 5.41 Å². The zero-order valence-electron chi connectivity index (χ0n) is 18.9. The quantitative estimate of drug-likeness (QED) is 0.328. The first kappa shape index (κ1) is 25.3. The monoisotopic (exact) mass is 415 g/mol. The molecule has 2 atom stereocenters. The standard InChI is InChI=1S/C21H38NO5P/c1-10-24-28(23,25-11-2)19(20(4,5)6)27-22(21(7,8)9)26-17(3)18-15-13-12-14-16-18/h12-17,19H,10-11H2,1-9H3. The van der Waals surface area contributed by atoms with Gasteiger partial charge in [0.05, 0.1) is 18.8 Å². The lowest BCUT2D eigenvalue weighted by Crippen LogP contribution is -2.47. The van der Waals surface area contributed by atoms with E-state index in [-0.39, 0.29) is 19.3 Å². The molecular formula is C21H38NO5P. The summed E-state index contributed by atoms with van der Waals surface area (Å²) in [5.74, 6) is -0.831. The highest BCUT2D eigenvalue weighted by Crippen LogP contribution is 2.59. The van der Waals surface area contributed by atoms with Gasteiger partial charge in [-0.2, -0.15) is 0 Å². The van der Waals surface area contributed by atoms with Gasteiger partial charge in [0.25, 0.3) is 0 Å². The Bertz CT molecular complexity index is 614. The van der Waals surface area contributed by atoms with Crippen LogP contribution in [0.5, 0.6) is 0 Å². The molecule has 0 fully saturated rings. The highest BCUT2D eigenvalue weighted by atomic mass is 31.2. The summed E-state index contributed by atoms with van der Waals surface area (Å²) in [6.07, 6.45) is -0.250. The van der Waals surface area contributed by atoms with Gasteiger partial charge in [0, 0.05) is 5.41 Å². The van der Waals surface area contributed by atoms with Crippen molar-refractivity contribution in [3.63, 3.8) is 0 Å². The Labute approximate surface area is 170 Å². The predicted molar refractivity (Wildman–Crippen MR) is 113 cm³/mol. The fraction of sp³-hybridized carbons (Fsp3) is 0.714. The Kier molecular flexibility index (Phi) is 9.33. The molecule has 2 unspecified atom stereocenters. The van der Waals surface area contributed by atoms with Crippen LogP contribution in [0.25, 0.3) is 0 Å². The van der Waals surface area contributed by atoms with Gasteiger partial charge < -0.3 is 9.05 Å². The highest BCUT2D eigenvalue weighted by molar-refractivity contribution is 7.54. The number of hydroxylamine groups is 2. The Morgan fingerprint density at radius 1 is 0.929 bits per heavy atom. The van der Waals surface area contributed by atoms with Crippen LogP contribution in [0.1, 0.15) is 74.0 Å². The fourth-order valence-electron chi connectivity index (χ4n) is 2.58. The minimum absolute atomic E-state index is 0.250. The van der Waals surface area contributed by atoms with Crippen molar-refractivity contribution in [3.8, 4) is 0 Å². The molecule has 0 amide bonds. The van der Waals surface area contributed by atoms with E-state index < -0.39 is 24.4 Å². The Balaban J connectivity index is 3.19. The first-order valence-electron chi connectivity index (χ1n) is 9.92. The van der Waals surface area contributed by atoms with Gasteiger partial charge in [-0.05, 0) is 47.1 Å². The Hall–Kier alpha value is -0.750. The number of rotatable bonds is 10. The summed E-state index contributed by atoms with van der Waals surface area (Å²) in [6, 6.07) is 9.89. The average Bonchev–Trinajstić information content (AvgIpc) is 2.57. The average molecular weight is 416 g/mol. The lowest BCUT2D eigenvalue weighted by Gasteiger charge is -2.42. The van der Waals surface area contributed by atoms with Crippen molar-refractivity contribution in [2.75, 3.05) is 13.2 Å². The van der Waals surface area contributed by atoms with Crippen molar-refractivity contribution in [2.24, 2.45) is 5.41 Å². The van der Waals surface area contributed by atoms with Gasteiger partial charge in [-0.15, -0.1) is 0 Å². The van der Waals surface area contributed by atoms with Crippen LogP contribution < -0.4 is 0 Å². The fourth-order valence-corrected chi connectivity index (χ4v) is 4.80. The molecule has 0 spiro atoms. The maximum absolute atomic E-state index is 13.5. The number of nitrogens with zero attached hydrogens (tertiary/aromatic N) is 1. The molecule has 0 saturated carbocycles. The molecule has 0 saturated heterocycles. The number of benzene rings is 1. The molecule has 0 heterocycles. The van der Waals surface area contributed by atoms with Crippen LogP contribution in [0.2, 0.25) is 0 Å². The second-order valence-corrected chi connectivity index (χ2v) is 10.9. The van der Waals surface area contributed by atoms with E-state index in [1.54, 1.807) is 13.8 Å². The predicted octanol–water partition coefficient (Wildman–Crippen LogP) is 6.35. The maximum atomic E-state index is 13.5. The zero-order valence-corrected chi connectivity index (χ0v) is 19.8. The third-order valence-corrected chi connectivity index (χ3v) is 6.59. The van der Waals surface area contributed by atoms with Crippen LogP contribution in [0.4, 0.5) is 0 Å². The number of hydrogen-bond acceptors (Lipinski definition) is 6. The first-order chi connectivity index (χ1) is 12.8. The minimum atomic E-state index is -3.53. The molecular weight excluding hydrogens is 377 g/mol. The molecule has 28 heavy (non-hydrogen) atoms. The van der Waals surface area contributed by atoms with Gasteiger partial charge in [-0.25, -0.2) is 0 Å². The molecule has 1 rings (SSSR count). The molecule has 0 bridgehead atoms. The van der Waals surface area contributed by atoms with E-state index in [9.17, 15) is 4.57 Å². The van der Waals surface area contributed by atoms with E-state index in [0.717, 1.165) is 5.56 Å². The Morgan fingerprint density at radius 2 is 1.43 bits per heavy atom. The molecule has 162 valence electrons. The summed E-state index contributed by atoms with van der Waals surface area (Å²) in [4.78, 5) is 12.4. The molecule has 0 aromatic heterocycles. The lowest BCUT2D eigenvalue weighted by molar-refractivity contribution is -0.434. The molecule has 0 aliphatic heterocycles. The number of hydrogen-bond donors (Lipinski definition) is 0. The summed E-state index contributed by atoms with van der Waals surface area (Å²) in [5, 5.41) is 1.44. The van der Waals surface area contributed by atoms with Crippen molar-refractivity contribution < 1.29 is 23.3 Å². The van der Waals surface area contributed by atoms with Crippen molar-refractivity contribution >= 4 is 7.60 Å². The molecule has 1 aromatic rings. The van der Waals surface area contributed by atoms with Crippen molar-refractivity contribution in [3.05, 3.63) is 35.9 Å². The van der Waals surface area contributed by atoms with Gasteiger partial charge in [-0.1, -0.05) is 56.3 Å². The molecule has 0 N–H and O–H groups in total. The second-order valence-electron chi connectivity index (χ2n) is 8.79. The summed E-state index contributed by atoms with van der Waals surface area (Å²) in [5.41, 5.74) is 0.00358. The summed E-state index contributed by atoms with van der Waals surface area (Å²) >= 11 is 0. The van der Waals surface area contributed by atoms with Gasteiger partial charge >= 0.3 is 7.60 Å². The smallest absolute Gasteiger partial charge is 0.307 e. The summed E-state index contributed by atoms with van der Waals surface area (Å²) in [6.45, 7) is 17.8. The van der Waals surface area contributed by atoms with Gasteiger partial charge in [-0.3, -0.25) is 14.2 Å². The largest absolute Gasteiger partial charge is 0.361 e. The van der Waals surface area contributed by atoms with E-state index in [1.807, 2.05) is 78.8 Å². The molecule has 7 heteroatoms. The van der Waals surface area contributed by atoms with Crippen LogP contribution in [-0.4, -0.2) is 29.8 Å². The van der Waals surface area contributed by atoms with E-state index in [2.05, 4.69) is 0 Å². The van der Waals surface area contributed by atoms with Gasteiger partial charge in [0.2, 0.25) is 0 Å². The molecule has 0 aliphatic carbocycles. The SMILES string of the molecule is CCOP(=O)(OCC)C(ON(OC(C)c1ccccc1)C(C)(C)C)C(C)(C)C. The first-order valence-corrected chi connectivity index (χ1v) is 11.5. The van der Waals surface area contributed by atoms with Gasteiger partial charge in [0.1, 0.15) is 6.10 Å². The maximum Gasteiger partial charge on any atom is 0.361 e. The summed E-state index contributed by atoms with van der Waals surface area (Å²) in [7, 11) is -3.53. The lowest BCUT2D eigenvalue weighted by atomic mass is 9.98. The van der Waals surface area contributed by atoms with E-state index in [4.69, 9.17) is 18.7 Å². The third-order valence-electron chi connectivity index (χ3n) is 3.91. The third kappa shape index (κ3) is 7.25. The van der Waals surface area contributed by atoms with Crippen LogP contribution >= 0.6 is 7.60 Å². The minimum Gasteiger partial charge on any atom is -0.307 e. The van der Waals surface area contributed by atoms with Crippen LogP contribution in [-0.2, 0) is 23.3 Å². The Morgan fingerprint density at radius 3 is 1.82 bits per heavy atom. The molecule has 1 aromatic carbocycles. The molecule has 0 aliphatic rings. The van der Waals surface area contributed by atoms with Crippen molar-refractivity contribution in [2.45, 2.75) is 79.8 Å². The van der Waals surface area contributed by atoms with Crippen molar-refractivity contribution in [1.29, 1.82) is 0 Å².